The first-order valence-corrected chi connectivity index (χ1v) is 46.6. The number of carbonyl (C=O) groups is 4. The Morgan fingerprint density at radius 3 is 1.06 bits per heavy atom. The Morgan fingerprint density at radius 2 is 0.664 bits per heavy atom. The molecule has 0 bridgehead atoms. The molecule has 662 valence electrons. The van der Waals surface area contributed by atoms with Crippen molar-refractivity contribution < 1.29 is 122 Å². The molecule has 0 aromatic heterocycles. The summed E-state index contributed by atoms with van der Waals surface area (Å²) in [7, 11) is -5.81. The summed E-state index contributed by atoms with van der Waals surface area (Å²) in [6, 6.07) is 0. The van der Waals surface area contributed by atoms with Crippen LogP contribution >= 0.6 is 7.82 Å². The molecule has 18 atom stereocenters. The Labute approximate surface area is 679 Å². The molecule has 3 fully saturated rings. The summed E-state index contributed by atoms with van der Waals surface area (Å²) >= 11 is 0. The number of esters is 4. The van der Waals surface area contributed by atoms with Crippen molar-refractivity contribution in [2.24, 2.45) is 0 Å². The van der Waals surface area contributed by atoms with Gasteiger partial charge in [-0.1, -0.05) is 296 Å². The lowest BCUT2D eigenvalue weighted by Gasteiger charge is -2.50. The van der Waals surface area contributed by atoms with Gasteiger partial charge in [0.1, 0.15) is 92.6 Å². The van der Waals surface area contributed by atoms with Crippen molar-refractivity contribution in [2.45, 2.75) is 479 Å². The molecular formula is C87H159O25P. The van der Waals surface area contributed by atoms with Crippen LogP contribution in [0.25, 0.3) is 0 Å². The van der Waals surface area contributed by atoms with Gasteiger partial charge in [0, 0.05) is 25.7 Å². The normalized spacial score (nSPS) is 25.6. The fraction of sp³-hybridized carbons (Fsp3) is 0.908. The van der Waals surface area contributed by atoms with Gasteiger partial charge in [-0.15, -0.1) is 0 Å². The van der Waals surface area contributed by atoms with Gasteiger partial charge in [0.05, 0.1) is 13.2 Å². The first-order valence-electron chi connectivity index (χ1n) is 45.1. The number of aliphatic hydroxyl groups is 9. The van der Waals surface area contributed by atoms with Gasteiger partial charge in [0.25, 0.3) is 0 Å². The number of aliphatic hydroxyl groups excluding tert-OH is 9. The standard InChI is InChI=1S/C87H159O25P/c1-5-9-13-17-21-25-29-33-34-38-40-44-48-52-56-60-71(90)104-66-69-75(94)77(96)81(100)87(108-69)111-84-82(109-73(92)62-58-54-50-46-42-37-32-28-24-20-16-12-8-4)78(97)79(98)83(110-86-80(99)76(95)74(93)68(63-88)107-86)85(84)112-113(101,102)105-65-67(106-72(91)61-57-53-49-45-41-36-31-27-23-19-15-11-7-3)64-103-70(89)59-55-51-47-43-39-35-30-26-22-18-14-10-6-2/h36-37,41-42,67-69,74-88,93-100H,5-35,38-40,43-66H2,1-4H3,(H,101,102)/b41-36-,42-37-. The van der Waals surface area contributed by atoms with Crippen molar-refractivity contribution >= 4 is 31.7 Å². The van der Waals surface area contributed by atoms with Gasteiger partial charge in [-0.05, 0) is 77.0 Å². The molecule has 0 aromatic rings. The molecule has 10 N–H and O–H groups in total. The molecule has 0 aromatic carbocycles. The zero-order valence-corrected chi connectivity index (χ0v) is 71.1. The molecule has 0 radical (unpaired) electrons. The number of phosphoric acid groups is 1. The summed E-state index contributed by atoms with van der Waals surface area (Å²) in [4.78, 5) is 66.2. The summed E-state index contributed by atoms with van der Waals surface area (Å²) in [5.41, 5.74) is 0. The smallest absolute Gasteiger partial charge is 0.463 e. The molecule has 26 heteroatoms. The van der Waals surface area contributed by atoms with Crippen molar-refractivity contribution in [3.8, 4) is 0 Å². The number of phosphoric ester groups is 1. The Hall–Kier alpha value is -3.05. The fourth-order valence-electron chi connectivity index (χ4n) is 14.7. The van der Waals surface area contributed by atoms with Crippen LogP contribution in [0.4, 0.5) is 0 Å². The highest BCUT2D eigenvalue weighted by Gasteiger charge is 2.60. The SMILES string of the molecule is CCCCCCCC/C=C\CCCCCC(=O)OC(COC(=O)CCCCCCCCCCCCCCC)COP(=O)(O)OC1C(OC2OC(CO)C(O)C(O)C2O)C(O)C(O)C(OC(=O)CCCCC/C=C\CCCCCCCC)C1OC1OC(COC(=O)CCCCCCCCCCCCCCCCC)C(O)C(O)C1O. The van der Waals surface area contributed by atoms with E-state index in [1.807, 2.05) is 0 Å². The predicted octanol–water partition coefficient (Wildman–Crippen LogP) is 15.8. The lowest BCUT2D eigenvalue weighted by atomic mass is 9.84. The highest BCUT2D eigenvalue weighted by molar-refractivity contribution is 7.47. The first kappa shape index (κ1) is 104. The van der Waals surface area contributed by atoms with E-state index in [-0.39, 0.29) is 32.1 Å². The maximum Gasteiger partial charge on any atom is 0.472 e. The van der Waals surface area contributed by atoms with Crippen LogP contribution < -0.4 is 0 Å². The Morgan fingerprint density at radius 1 is 0.345 bits per heavy atom. The van der Waals surface area contributed by atoms with Crippen LogP contribution in [0, 0.1) is 0 Å². The lowest BCUT2D eigenvalue weighted by Crippen LogP contribution is -2.70. The second-order valence-corrected chi connectivity index (χ2v) is 33.5. The first-order chi connectivity index (χ1) is 54.7. The molecule has 3 aliphatic rings. The van der Waals surface area contributed by atoms with Crippen molar-refractivity contribution in [1.29, 1.82) is 0 Å². The molecule has 25 nitrogen and oxygen atoms in total. The number of rotatable bonds is 72. The largest absolute Gasteiger partial charge is 0.472 e. The third-order valence-electron chi connectivity index (χ3n) is 21.9. The van der Waals surface area contributed by atoms with E-state index in [0.717, 1.165) is 116 Å². The van der Waals surface area contributed by atoms with Crippen LogP contribution in [0.15, 0.2) is 24.3 Å². The van der Waals surface area contributed by atoms with E-state index < -0.39 is 162 Å². The van der Waals surface area contributed by atoms with E-state index in [0.29, 0.717) is 38.5 Å². The maximum atomic E-state index is 14.9. The molecule has 113 heavy (non-hydrogen) atoms. The molecule has 3 rings (SSSR count). The lowest BCUT2D eigenvalue weighted by molar-refractivity contribution is -0.360. The summed E-state index contributed by atoms with van der Waals surface area (Å²) in [5, 5.41) is 102. The van der Waals surface area contributed by atoms with Crippen molar-refractivity contribution in [3.63, 3.8) is 0 Å². The average molecular weight is 1640 g/mol. The Bertz CT molecular complexity index is 2460. The number of carbonyl (C=O) groups excluding carboxylic acids is 4. The molecule has 1 saturated carbocycles. The zero-order chi connectivity index (χ0) is 82.5. The van der Waals surface area contributed by atoms with Gasteiger partial charge in [-0.2, -0.15) is 0 Å². The van der Waals surface area contributed by atoms with Crippen LogP contribution in [0.2, 0.25) is 0 Å². The summed E-state index contributed by atoms with van der Waals surface area (Å²) < 4.78 is 73.2. The number of hydrogen-bond acceptors (Lipinski definition) is 24. The van der Waals surface area contributed by atoms with Gasteiger partial charge in [-0.3, -0.25) is 28.2 Å². The second kappa shape index (κ2) is 66.7. The van der Waals surface area contributed by atoms with E-state index in [2.05, 4.69) is 52.0 Å². The second-order valence-electron chi connectivity index (χ2n) is 32.1. The molecule has 2 aliphatic heterocycles. The summed E-state index contributed by atoms with van der Waals surface area (Å²) in [6.07, 6.45) is 24.9. The van der Waals surface area contributed by atoms with Crippen molar-refractivity contribution in [1.82, 2.24) is 0 Å². The van der Waals surface area contributed by atoms with E-state index in [1.54, 1.807) is 0 Å². The van der Waals surface area contributed by atoms with Crippen LogP contribution in [-0.2, 0) is 70.7 Å². The fourth-order valence-corrected chi connectivity index (χ4v) is 15.7. The molecule has 18 unspecified atom stereocenters. The van der Waals surface area contributed by atoms with Gasteiger partial charge in [0.15, 0.2) is 24.8 Å². The third-order valence-corrected chi connectivity index (χ3v) is 22.9. The van der Waals surface area contributed by atoms with E-state index in [4.69, 9.17) is 46.9 Å². The monoisotopic (exact) mass is 1640 g/mol. The van der Waals surface area contributed by atoms with Crippen LogP contribution in [0.3, 0.4) is 0 Å². The van der Waals surface area contributed by atoms with Gasteiger partial charge < -0.3 is 88.7 Å². The van der Waals surface area contributed by atoms with Crippen LogP contribution in [-0.4, -0.2) is 205 Å². The Kier molecular flexibility index (Phi) is 61.5. The predicted molar refractivity (Wildman–Crippen MR) is 435 cm³/mol. The van der Waals surface area contributed by atoms with Gasteiger partial charge in [-0.25, -0.2) is 4.57 Å². The Balaban J connectivity index is 1.93. The molecule has 0 spiro atoms. The third kappa shape index (κ3) is 47.5. The molecule has 2 heterocycles. The molecular weight excluding hydrogens is 1480 g/mol. The summed E-state index contributed by atoms with van der Waals surface area (Å²) in [5.74, 6) is -3.00. The van der Waals surface area contributed by atoms with Crippen molar-refractivity contribution in [3.05, 3.63) is 24.3 Å². The molecule has 2 saturated heterocycles. The number of hydrogen-bond donors (Lipinski definition) is 10. The van der Waals surface area contributed by atoms with E-state index in [1.165, 1.54) is 161 Å². The minimum Gasteiger partial charge on any atom is -0.463 e. The average Bonchev–Trinajstić information content (AvgIpc) is 0.754. The van der Waals surface area contributed by atoms with E-state index in [9.17, 15) is 74.6 Å². The minimum atomic E-state index is -5.81. The quantitative estimate of drug-likeness (QED) is 0.00889. The zero-order valence-electron chi connectivity index (χ0n) is 70.2. The topological polar surface area (TPSA) is 380 Å². The van der Waals surface area contributed by atoms with Crippen LogP contribution in [0.5, 0.6) is 0 Å². The van der Waals surface area contributed by atoms with Gasteiger partial charge >= 0.3 is 31.7 Å². The number of allylic oxidation sites excluding steroid dienone is 4. The number of unbranched alkanes of at least 4 members (excludes halogenated alkanes) is 44. The summed E-state index contributed by atoms with van der Waals surface area (Å²) in [6.45, 7) is 5.53. The molecule has 0 amide bonds. The highest BCUT2D eigenvalue weighted by Crippen LogP contribution is 2.49. The van der Waals surface area contributed by atoms with Crippen molar-refractivity contribution in [2.75, 3.05) is 26.4 Å². The van der Waals surface area contributed by atoms with Gasteiger partial charge in [0.2, 0.25) is 0 Å². The highest BCUT2D eigenvalue weighted by atomic mass is 31.2. The van der Waals surface area contributed by atoms with Crippen LogP contribution in [0.1, 0.15) is 374 Å². The van der Waals surface area contributed by atoms with E-state index >= 15 is 0 Å². The minimum absolute atomic E-state index is 0.0154. The maximum absolute atomic E-state index is 14.9. The number of ether oxygens (including phenoxy) is 8. The molecule has 1 aliphatic carbocycles.